The van der Waals surface area contributed by atoms with Crippen LogP contribution in [0.2, 0.25) is 0 Å². The Balaban J connectivity index is 1.46. The van der Waals surface area contributed by atoms with E-state index in [0.29, 0.717) is 31.6 Å². The minimum Gasteiger partial charge on any atom is -0.369 e. The van der Waals surface area contributed by atoms with Gasteiger partial charge in [-0.3, -0.25) is 14.4 Å². The van der Waals surface area contributed by atoms with Crippen LogP contribution < -0.4 is 5.73 Å². The van der Waals surface area contributed by atoms with Crippen molar-refractivity contribution in [2.75, 3.05) is 13.1 Å². The number of likely N-dealkylation sites (tertiary alicyclic amines) is 1. The molecule has 0 saturated carbocycles. The molecule has 28 heavy (non-hydrogen) atoms. The maximum Gasteiger partial charge on any atom is 0.226 e. The molecule has 0 aliphatic carbocycles. The highest BCUT2D eigenvalue weighted by Crippen LogP contribution is 2.36. The number of hydrogen-bond acceptors (Lipinski definition) is 3. The van der Waals surface area contributed by atoms with Crippen LogP contribution in [0, 0.1) is 11.2 Å². The zero-order valence-corrected chi connectivity index (χ0v) is 15.6. The van der Waals surface area contributed by atoms with E-state index in [1.807, 2.05) is 29.1 Å². The molecule has 2 N–H and O–H groups in total. The third kappa shape index (κ3) is 3.68. The quantitative estimate of drug-likeness (QED) is 0.687. The Bertz CT molecular complexity index is 964. The average molecular weight is 378 g/mol. The van der Waals surface area contributed by atoms with Gasteiger partial charge in [-0.1, -0.05) is 42.5 Å². The van der Waals surface area contributed by atoms with Crippen LogP contribution in [-0.2, 0) is 24.3 Å². The Kier molecular flexibility index (Phi) is 4.96. The second-order valence-corrected chi connectivity index (χ2v) is 7.53. The van der Waals surface area contributed by atoms with Gasteiger partial charge in [0.15, 0.2) is 0 Å². The maximum atomic E-state index is 14.0. The van der Waals surface area contributed by atoms with Crippen LogP contribution in [0.3, 0.4) is 0 Å². The van der Waals surface area contributed by atoms with Crippen LogP contribution in [-0.4, -0.2) is 33.7 Å². The van der Waals surface area contributed by atoms with E-state index < -0.39 is 5.41 Å². The summed E-state index contributed by atoms with van der Waals surface area (Å²) in [5.41, 5.74) is 7.93. The lowest BCUT2D eigenvalue weighted by molar-refractivity contribution is -0.138. The van der Waals surface area contributed by atoms with Crippen molar-refractivity contribution in [1.29, 1.82) is 0 Å². The van der Waals surface area contributed by atoms with Crippen molar-refractivity contribution in [3.8, 4) is 0 Å². The summed E-state index contributed by atoms with van der Waals surface area (Å²) < 4.78 is 15.9. The fourth-order valence-electron chi connectivity index (χ4n) is 3.96. The van der Waals surface area contributed by atoms with E-state index in [2.05, 4.69) is 22.1 Å². The predicted molar refractivity (Wildman–Crippen MR) is 105 cm³/mol. The largest absolute Gasteiger partial charge is 0.369 e. The van der Waals surface area contributed by atoms with Crippen LogP contribution in [0.25, 0.3) is 0 Å². The molecule has 0 unspecified atom stereocenters. The van der Waals surface area contributed by atoms with Crippen molar-refractivity contribution >= 4 is 5.91 Å². The van der Waals surface area contributed by atoms with Gasteiger partial charge in [-0.15, -0.1) is 0 Å². The van der Waals surface area contributed by atoms with Crippen molar-refractivity contribution in [2.45, 2.75) is 19.5 Å². The Morgan fingerprint density at radius 2 is 1.64 bits per heavy atom. The van der Waals surface area contributed by atoms with Crippen molar-refractivity contribution in [3.05, 3.63) is 89.5 Å². The smallest absolute Gasteiger partial charge is 0.226 e. The molecule has 1 aliphatic rings. The van der Waals surface area contributed by atoms with E-state index in [4.69, 9.17) is 5.73 Å². The third-order valence-corrected chi connectivity index (χ3v) is 5.47. The summed E-state index contributed by atoms with van der Waals surface area (Å²) >= 11 is 0. The van der Waals surface area contributed by atoms with Crippen LogP contribution in [0.4, 0.5) is 4.39 Å². The first kappa shape index (κ1) is 18.4. The van der Waals surface area contributed by atoms with Crippen LogP contribution in [0.15, 0.2) is 67.0 Å². The molecule has 0 spiro atoms. The van der Waals surface area contributed by atoms with E-state index in [1.54, 1.807) is 24.4 Å². The van der Waals surface area contributed by atoms with Gasteiger partial charge in [-0.2, -0.15) is 5.10 Å². The van der Waals surface area contributed by atoms with Crippen molar-refractivity contribution < 1.29 is 9.18 Å². The van der Waals surface area contributed by atoms with Gasteiger partial charge >= 0.3 is 0 Å². The standard InChI is InChI=1S/C22H23FN4O/c23-20-9-4-3-6-17(20)12-22(21(24)28)15-26(16-22)13-18-7-1-2-8-19(18)14-27-11-5-10-25-27/h1-11H,12-16H2,(H2,24,28). The minimum absolute atomic E-state index is 0.286. The van der Waals surface area contributed by atoms with Crippen LogP contribution in [0.1, 0.15) is 16.7 Å². The van der Waals surface area contributed by atoms with Gasteiger partial charge in [0.1, 0.15) is 5.82 Å². The number of benzene rings is 2. The SMILES string of the molecule is NC(=O)C1(Cc2ccccc2F)CN(Cc2ccccc2Cn2cccn2)C1. The average Bonchev–Trinajstić information content (AvgIpc) is 3.15. The molecule has 0 radical (unpaired) electrons. The normalized spacial score (nSPS) is 15.9. The lowest BCUT2D eigenvalue weighted by atomic mass is 9.73. The van der Waals surface area contributed by atoms with Crippen LogP contribution in [0.5, 0.6) is 0 Å². The van der Waals surface area contributed by atoms with E-state index in [0.717, 1.165) is 6.54 Å². The highest BCUT2D eigenvalue weighted by Gasteiger charge is 2.48. The van der Waals surface area contributed by atoms with E-state index >= 15 is 0 Å². The summed E-state index contributed by atoms with van der Waals surface area (Å²) in [5.74, 6) is -0.650. The molecule has 1 fully saturated rings. The third-order valence-electron chi connectivity index (χ3n) is 5.47. The minimum atomic E-state index is -0.709. The van der Waals surface area contributed by atoms with E-state index in [1.165, 1.54) is 17.2 Å². The number of nitrogens with zero attached hydrogens (tertiary/aromatic N) is 3. The van der Waals surface area contributed by atoms with Gasteiger partial charge in [0.2, 0.25) is 5.91 Å². The Morgan fingerprint density at radius 3 is 2.25 bits per heavy atom. The molecule has 2 heterocycles. The molecule has 144 valence electrons. The lowest BCUT2D eigenvalue weighted by Gasteiger charge is -2.48. The van der Waals surface area contributed by atoms with Crippen LogP contribution >= 0.6 is 0 Å². The first-order valence-corrected chi connectivity index (χ1v) is 9.36. The van der Waals surface area contributed by atoms with Gasteiger partial charge in [-0.05, 0) is 35.2 Å². The molecule has 1 aliphatic heterocycles. The number of amides is 1. The molecular weight excluding hydrogens is 355 g/mol. The first-order valence-electron chi connectivity index (χ1n) is 9.36. The van der Waals surface area contributed by atoms with Crippen molar-refractivity contribution in [3.63, 3.8) is 0 Å². The zero-order valence-electron chi connectivity index (χ0n) is 15.6. The number of carbonyl (C=O) groups excluding carboxylic acids is 1. The second-order valence-electron chi connectivity index (χ2n) is 7.53. The summed E-state index contributed by atoms with van der Waals surface area (Å²) in [4.78, 5) is 14.3. The number of nitrogens with two attached hydrogens (primary N) is 1. The molecular formula is C22H23FN4O. The molecule has 2 aromatic carbocycles. The van der Waals surface area contributed by atoms with Gasteiger partial charge in [0.25, 0.3) is 0 Å². The number of aromatic nitrogens is 2. The van der Waals surface area contributed by atoms with Crippen molar-refractivity contribution in [2.24, 2.45) is 11.1 Å². The molecule has 1 aromatic heterocycles. The van der Waals surface area contributed by atoms with E-state index in [9.17, 15) is 9.18 Å². The summed E-state index contributed by atoms with van der Waals surface area (Å²) in [7, 11) is 0. The van der Waals surface area contributed by atoms with Gasteiger partial charge in [0, 0.05) is 32.0 Å². The van der Waals surface area contributed by atoms with Gasteiger partial charge < -0.3 is 5.73 Å². The summed E-state index contributed by atoms with van der Waals surface area (Å²) in [6, 6.07) is 16.7. The molecule has 1 amide bonds. The second kappa shape index (κ2) is 7.56. The fourth-order valence-corrected chi connectivity index (χ4v) is 3.96. The summed E-state index contributed by atoms with van der Waals surface area (Å²) in [6.45, 7) is 2.50. The lowest BCUT2D eigenvalue weighted by Crippen LogP contribution is -2.63. The highest BCUT2D eigenvalue weighted by atomic mass is 19.1. The Morgan fingerprint density at radius 1 is 1.00 bits per heavy atom. The van der Waals surface area contributed by atoms with Gasteiger partial charge in [0.05, 0.1) is 12.0 Å². The number of rotatable bonds is 7. The zero-order chi connectivity index (χ0) is 19.6. The Labute approximate surface area is 163 Å². The molecule has 0 bridgehead atoms. The summed E-state index contributed by atoms with van der Waals surface area (Å²) in [6.07, 6.45) is 4.04. The first-order chi connectivity index (χ1) is 13.6. The molecule has 5 nitrogen and oxygen atoms in total. The molecule has 6 heteroatoms. The summed E-state index contributed by atoms with van der Waals surface area (Å²) in [5, 5.41) is 4.27. The van der Waals surface area contributed by atoms with Gasteiger partial charge in [-0.25, -0.2) is 4.39 Å². The number of primary amides is 1. The topological polar surface area (TPSA) is 64.2 Å². The fraction of sp³-hybridized carbons (Fsp3) is 0.273. The Hall–Kier alpha value is -2.99. The number of carbonyl (C=O) groups is 1. The highest BCUT2D eigenvalue weighted by molar-refractivity contribution is 5.83. The molecule has 0 atom stereocenters. The number of hydrogen-bond donors (Lipinski definition) is 1. The molecule has 4 rings (SSSR count). The number of halogens is 1. The van der Waals surface area contributed by atoms with E-state index in [-0.39, 0.29) is 11.7 Å². The monoisotopic (exact) mass is 378 g/mol. The van der Waals surface area contributed by atoms with Crippen molar-refractivity contribution in [1.82, 2.24) is 14.7 Å². The molecule has 3 aromatic rings. The predicted octanol–water partition coefficient (Wildman–Crippen LogP) is 2.60. The molecule has 1 saturated heterocycles. The maximum absolute atomic E-state index is 14.0.